The molecule has 5 heteroatoms. The first kappa shape index (κ1) is 14.5. The summed E-state index contributed by atoms with van der Waals surface area (Å²) in [6.45, 7) is 1.53. The molecule has 4 nitrogen and oxygen atoms in total. The molecule has 102 valence electrons. The number of likely N-dealkylation sites (N-methyl/N-ethyl adjacent to an activating group) is 1. The van der Waals surface area contributed by atoms with Crippen molar-refractivity contribution in [1.82, 2.24) is 4.90 Å². The van der Waals surface area contributed by atoms with Crippen LogP contribution in [0.2, 0.25) is 0 Å². The third-order valence-corrected chi connectivity index (χ3v) is 4.16. The molecule has 0 amide bonds. The van der Waals surface area contributed by atoms with Gasteiger partial charge >= 0.3 is 0 Å². The van der Waals surface area contributed by atoms with Crippen molar-refractivity contribution in [3.8, 4) is 6.07 Å². The van der Waals surface area contributed by atoms with E-state index in [1.165, 1.54) is 0 Å². The summed E-state index contributed by atoms with van der Waals surface area (Å²) < 4.78 is 11.4. The highest BCUT2D eigenvalue weighted by Gasteiger charge is 2.44. The Morgan fingerprint density at radius 3 is 2.42 bits per heavy atom. The molecule has 1 fully saturated rings. The molecule has 1 aromatic carbocycles. The molecule has 0 saturated carbocycles. The standard InChI is InChI=1S/C14H17BrN2O2/c1-17-8-14(7-16,9-17)11-5-4-10(6-12(11)15)13(18-2)19-3/h4-6,13H,8-9H2,1-3H3. The third-order valence-electron chi connectivity index (χ3n) is 3.50. The first-order chi connectivity index (χ1) is 9.06. The maximum atomic E-state index is 9.46. The number of nitriles is 1. The zero-order chi connectivity index (χ0) is 14.0. The summed E-state index contributed by atoms with van der Waals surface area (Å²) in [5.74, 6) is 0. The second kappa shape index (κ2) is 5.59. The Bertz CT molecular complexity index is 503. The van der Waals surface area contributed by atoms with E-state index in [9.17, 15) is 5.26 Å². The normalized spacial score (nSPS) is 18.1. The predicted octanol–water partition coefficient (Wildman–Crippen LogP) is 2.45. The monoisotopic (exact) mass is 324 g/mol. The van der Waals surface area contributed by atoms with Crippen molar-refractivity contribution in [2.75, 3.05) is 34.4 Å². The summed E-state index contributed by atoms with van der Waals surface area (Å²) in [7, 11) is 5.23. The van der Waals surface area contributed by atoms with Crippen LogP contribution in [0, 0.1) is 11.3 Å². The Balaban J connectivity index is 2.33. The molecule has 0 aliphatic carbocycles. The van der Waals surface area contributed by atoms with E-state index < -0.39 is 5.41 Å². The average molecular weight is 325 g/mol. The number of hydrogen-bond donors (Lipinski definition) is 0. The molecule has 2 rings (SSSR count). The van der Waals surface area contributed by atoms with Gasteiger partial charge in [-0.3, -0.25) is 0 Å². The van der Waals surface area contributed by atoms with E-state index >= 15 is 0 Å². The summed E-state index contributed by atoms with van der Waals surface area (Å²) >= 11 is 3.56. The van der Waals surface area contributed by atoms with E-state index in [1.54, 1.807) is 14.2 Å². The highest BCUT2D eigenvalue weighted by Crippen LogP contribution is 2.38. The molecule has 0 radical (unpaired) electrons. The number of likely N-dealkylation sites (tertiary alicyclic amines) is 1. The minimum atomic E-state index is -0.401. The SMILES string of the molecule is COC(OC)c1ccc(C2(C#N)CN(C)C2)c(Br)c1. The van der Waals surface area contributed by atoms with Gasteiger partial charge in [-0.25, -0.2) is 0 Å². The van der Waals surface area contributed by atoms with Crippen molar-refractivity contribution in [2.45, 2.75) is 11.7 Å². The van der Waals surface area contributed by atoms with Gasteiger partial charge in [-0.1, -0.05) is 28.1 Å². The number of halogens is 1. The van der Waals surface area contributed by atoms with Gasteiger partial charge in [0.15, 0.2) is 6.29 Å². The van der Waals surface area contributed by atoms with Gasteiger partial charge in [0.25, 0.3) is 0 Å². The Hall–Kier alpha value is -0.930. The zero-order valence-corrected chi connectivity index (χ0v) is 12.9. The largest absolute Gasteiger partial charge is 0.352 e. The molecule has 1 aromatic rings. The maximum absolute atomic E-state index is 9.46. The summed E-state index contributed by atoms with van der Waals surface area (Å²) in [6, 6.07) is 8.35. The number of hydrogen-bond acceptors (Lipinski definition) is 4. The molecular weight excluding hydrogens is 308 g/mol. The van der Waals surface area contributed by atoms with Crippen LogP contribution in [0.25, 0.3) is 0 Å². The molecule has 0 atom stereocenters. The van der Waals surface area contributed by atoms with E-state index in [0.29, 0.717) is 0 Å². The van der Waals surface area contributed by atoms with Gasteiger partial charge in [-0.2, -0.15) is 5.26 Å². The van der Waals surface area contributed by atoms with Crippen LogP contribution in [0.15, 0.2) is 22.7 Å². The number of rotatable bonds is 4. The fraction of sp³-hybridized carbons (Fsp3) is 0.500. The van der Waals surface area contributed by atoms with E-state index in [0.717, 1.165) is 28.7 Å². The molecule has 19 heavy (non-hydrogen) atoms. The molecule has 0 spiro atoms. The number of benzene rings is 1. The second-order valence-electron chi connectivity index (χ2n) is 4.91. The highest BCUT2D eigenvalue weighted by atomic mass is 79.9. The molecule has 0 aromatic heterocycles. The smallest absolute Gasteiger partial charge is 0.183 e. The van der Waals surface area contributed by atoms with Gasteiger partial charge in [0, 0.05) is 37.3 Å². The molecule has 1 aliphatic heterocycles. The van der Waals surface area contributed by atoms with Crippen LogP contribution in [0.1, 0.15) is 17.4 Å². The number of ether oxygens (including phenoxy) is 2. The molecule has 1 aliphatic rings. The first-order valence-corrected chi connectivity index (χ1v) is 6.81. The Labute approximate surface area is 122 Å². The summed E-state index contributed by atoms with van der Waals surface area (Å²) in [6.07, 6.45) is -0.382. The van der Waals surface area contributed by atoms with E-state index in [1.807, 2.05) is 25.2 Å². The van der Waals surface area contributed by atoms with Crippen molar-refractivity contribution < 1.29 is 9.47 Å². The minimum Gasteiger partial charge on any atom is -0.352 e. The van der Waals surface area contributed by atoms with Crippen molar-refractivity contribution >= 4 is 15.9 Å². The average Bonchev–Trinajstić information content (AvgIpc) is 2.37. The van der Waals surface area contributed by atoms with Gasteiger partial charge in [-0.15, -0.1) is 0 Å². The molecule has 1 saturated heterocycles. The summed E-state index contributed by atoms with van der Waals surface area (Å²) in [5.41, 5.74) is 1.56. The molecule has 1 heterocycles. The van der Waals surface area contributed by atoms with Crippen LogP contribution in [-0.4, -0.2) is 39.3 Å². The topological polar surface area (TPSA) is 45.5 Å². The van der Waals surface area contributed by atoms with Crippen LogP contribution in [-0.2, 0) is 14.9 Å². The summed E-state index contributed by atoms with van der Waals surface area (Å²) in [5, 5.41) is 9.46. The number of methoxy groups -OCH3 is 2. The Kier molecular flexibility index (Phi) is 4.26. The molecule has 0 N–H and O–H groups in total. The van der Waals surface area contributed by atoms with Gasteiger partial charge in [0.05, 0.1) is 6.07 Å². The zero-order valence-electron chi connectivity index (χ0n) is 11.3. The molecule has 0 unspecified atom stereocenters. The third kappa shape index (κ3) is 2.54. The Morgan fingerprint density at radius 1 is 1.37 bits per heavy atom. The van der Waals surface area contributed by atoms with Crippen molar-refractivity contribution in [2.24, 2.45) is 0 Å². The Morgan fingerprint density at radius 2 is 2.00 bits per heavy atom. The van der Waals surface area contributed by atoms with Crippen LogP contribution < -0.4 is 0 Å². The summed E-state index contributed by atoms with van der Waals surface area (Å²) in [4.78, 5) is 2.14. The van der Waals surface area contributed by atoms with Crippen LogP contribution in [0.5, 0.6) is 0 Å². The lowest BCUT2D eigenvalue weighted by atomic mass is 9.75. The number of nitrogens with zero attached hydrogens (tertiary/aromatic N) is 2. The predicted molar refractivity (Wildman–Crippen MR) is 75.7 cm³/mol. The van der Waals surface area contributed by atoms with Crippen LogP contribution in [0.3, 0.4) is 0 Å². The van der Waals surface area contributed by atoms with Gasteiger partial charge in [0.1, 0.15) is 5.41 Å². The van der Waals surface area contributed by atoms with Crippen LogP contribution in [0.4, 0.5) is 0 Å². The van der Waals surface area contributed by atoms with E-state index in [2.05, 4.69) is 26.9 Å². The molecular formula is C14H17BrN2O2. The first-order valence-electron chi connectivity index (χ1n) is 6.01. The lowest BCUT2D eigenvalue weighted by Crippen LogP contribution is -2.56. The fourth-order valence-electron chi connectivity index (χ4n) is 2.61. The van der Waals surface area contributed by atoms with Crippen molar-refractivity contribution in [3.05, 3.63) is 33.8 Å². The van der Waals surface area contributed by atoms with Gasteiger partial charge in [-0.05, 0) is 18.7 Å². The van der Waals surface area contributed by atoms with Crippen molar-refractivity contribution in [1.29, 1.82) is 5.26 Å². The maximum Gasteiger partial charge on any atom is 0.183 e. The van der Waals surface area contributed by atoms with E-state index in [4.69, 9.17) is 9.47 Å². The minimum absolute atomic E-state index is 0.382. The quantitative estimate of drug-likeness (QED) is 0.798. The fourth-order valence-corrected chi connectivity index (χ4v) is 3.39. The van der Waals surface area contributed by atoms with E-state index in [-0.39, 0.29) is 6.29 Å². The van der Waals surface area contributed by atoms with Crippen molar-refractivity contribution in [3.63, 3.8) is 0 Å². The lowest BCUT2D eigenvalue weighted by Gasteiger charge is -2.44. The van der Waals surface area contributed by atoms with Gasteiger partial charge in [0.2, 0.25) is 0 Å². The second-order valence-corrected chi connectivity index (χ2v) is 5.76. The van der Waals surface area contributed by atoms with Crippen LogP contribution >= 0.6 is 15.9 Å². The highest BCUT2D eigenvalue weighted by molar-refractivity contribution is 9.10. The lowest BCUT2D eigenvalue weighted by molar-refractivity contribution is -0.106. The van der Waals surface area contributed by atoms with Gasteiger partial charge < -0.3 is 14.4 Å². The molecule has 0 bridgehead atoms.